The van der Waals surface area contributed by atoms with E-state index in [9.17, 15) is 4.39 Å². The number of ether oxygens (including phenoxy) is 2. The van der Waals surface area contributed by atoms with Crippen LogP contribution in [0.1, 0.15) is 5.56 Å². The van der Waals surface area contributed by atoms with Crippen molar-refractivity contribution in [1.82, 2.24) is 5.32 Å². The van der Waals surface area contributed by atoms with Crippen molar-refractivity contribution in [1.29, 1.82) is 0 Å². The minimum Gasteiger partial charge on any atom is -0.490 e. The van der Waals surface area contributed by atoms with Gasteiger partial charge >= 0.3 is 0 Å². The van der Waals surface area contributed by atoms with Crippen LogP contribution in [-0.4, -0.2) is 20.3 Å². The highest BCUT2D eigenvalue weighted by molar-refractivity contribution is 9.10. The van der Waals surface area contributed by atoms with Crippen LogP contribution in [0.5, 0.6) is 11.5 Å². The second kappa shape index (κ2) is 8.00. The minimum atomic E-state index is -0.306. The highest BCUT2D eigenvalue weighted by atomic mass is 79.9. The Morgan fingerprint density at radius 1 is 1.10 bits per heavy atom. The first-order valence-corrected chi connectivity index (χ1v) is 7.43. The average Bonchev–Trinajstić information content (AvgIpc) is 2.49. The van der Waals surface area contributed by atoms with E-state index in [1.807, 2.05) is 31.3 Å². The van der Waals surface area contributed by atoms with Gasteiger partial charge in [-0.2, -0.15) is 0 Å². The third-order valence-electron chi connectivity index (χ3n) is 2.84. The molecule has 0 saturated carbocycles. The topological polar surface area (TPSA) is 30.5 Å². The largest absolute Gasteiger partial charge is 0.490 e. The lowest BCUT2D eigenvalue weighted by molar-refractivity contribution is 0.215. The predicted molar refractivity (Wildman–Crippen MR) is 84.3 cm³/mol. The molecule has 0 saturated heterocycles. The Balaban J connectivity index is 1.83. The van der Waals surface area contributed by atoms with E-state index in [1.165, 1.54) is 6.07 Å². The van der Waals surface area contributed by atoms with Gasteiger partial charge < -0.3 is 14.8 Å². The van der Waals surface area contributed by atoms with E-state index in [2.05, 4.69) is 21.2 Å². The number of hydrogen-bond donors (Lipinski definition) is 1. The maximum absolute atomic E-state index is 13.1. The van der Waals surface area contributed by atoms with E-state index in [0.717, 1.165) is 17.9 Å². The van der Waals surface area contributed by atoms with Crippen LogP contribution in [0.3, 0.4) is 0 Å². The molecule has 0 aromatic heterocycles. The fourth-order valence-corrected chi connectivity index (χ4v) is 2.22. The lowest BCUT2D eigenvalue weighted by Gasteiger charge is -2.12. The van der Waals surface area contributed by atoms with Gasteiger partial charge in [0.05, 0.1) is 4.47 Å². The maximum Gasteiger partial charge on any atom is 0.137 e. The van der Waals surface area contributed by atoms with Gasteiger partial charge in [-0.3, -0.25) is 0 Å². The first-order valence-electron chi connectivity index (χ1n) is 6.64. The van der Waals surface area contributed by atoms with E-state index in [-0.39, 0.29) is 5.82 Å². The molecule has 0 heterocycles. The summed E-state index contributed by atoms with van der Waals surface area (Å²) in [4.78, 5) is 0. The van der Waals surface area contributed by atoms with Crippen LogP contribution in [0.2, 0.25) is 0 Å². The van der Waals surface area contributed by atoms with Crippen LogP contribution in [0.15, 0.2) is 46.9 Å². The molecule has 0 aliphatic carbocycles. The molecule has 3 nitrogen and oxygen atoms in total. The van der Waals surface area contributed by atoms with E-state index in [0.29, 0.717) is 23.4 Å². The van der Waals surface area contributed by atoms with Crippen LogP contribution in [-0.2, 0) is 6.54 Å². The molecule has 2 aromatic rings. The van der Waals surface area contributed by atoms with Gasteiger partial charge in [-0.15, -0.1) is 0 Å². The van der Waals surface area contributed by atoms with Gasteiger partial charge in [0.15, 0.2) is 0 Å². The van der Waals surface area contributed by atoms with Crippen molar-refractivity contribution in [2.45, 2.75) is 6.54 Å². The smallest absolute Gasteiger partial charge is 0.137 e. The molecule has 0 fully saturated rings. The Labute approximate surface area is 132 Å². The summed E-state index contributed by atoms with van der Waals surface area (Å²) < 4.78 is 24.7. The number of nitrogens with one attached hydrogen (secondary N) is 1. The zero-order valence-electron chi connectivity index (χ0n) is 11.7. The first-order chi connectivity index (χ1) is 10.2. The van der Waals surface area contributed by atoms with Crippen molar-refractivity contribution in [3.8, 4) is 11.5 Å². The molecule has 0 aliphatic rings. The average molecular weight is 354 g/mol. The molecule has 112 valence electrons. The lowest BCUT2D eigenvalue weighted by atomic mass is 10.2. The Morgan fingerprint density at radius 3 is 2.62 bits per heavy atom. The zero-order chi connectivity index (χ0) is 15.1. The Kier molecular flexibility index (Phi) is 6.02. The minimum absolute atomic E-state index is 0.306. The van der Waals surface area contributed by atoms with Crippen molar-refractivity contribution in [2.24, 2.45) is 0 Å². The van der Waals surface area contributed by atoms with Gasteiger partial charge in [0, 0.05) is 12.1 Å². The van der Waals surface area contributed by atoms with Crippen molar-refractivity contribution in [2.75, 3.05) is 20.3 Å². The summed E-state index contributed by atoms with van der Waals surface area (Å²) in [5.74, 6) is 1.14. The normalized spacial score (nSPS) is 10.4. The molecular formula is C16H17BrFNO2. The van der Waals surface area contributed by atoms with Crippen LogP contribution >= 0.6 is 15.9 Å². The summed E-state index contributed by atoms with van der Waals surface area (Å²) >= 11 is 3.13. The summed E-state index contributed by atoms with van der Waals surface area (Å²) in [5.41, 5.74) is 1.10. The monoisotopic (exact) mass is 353 g/mol. The summed E-state index contributed by atoms with van der Waals surface area (Å²) in [6.07, 6.45) is 0. The molecule has 0 radical (unpaired) electrons. The van der Waals surface area contributed by atoms with E-state index >= 15 is 0 Å². The zero-order valence-corrected chi connectivity index (χ0v) is 13.3. The number of halogens is 2. The number of hydrogen-bond acceptors (Lipinski definition) is 3. The quantitative estimate of drug-likeness (QED) is 0.768. The lowest BCUT2D eigenvalue weighted by Crippen LogP contribution is -2.12. The Hall–Kier alpha value is -1.59. The highest BCUT2D eigenvalue weighted by Crippen LogP contribution is 2.22. The molecule has 5 heteroatoms. The van der Waals surface area contributed by atoms with Gasteiger partial charge in [0.2, 0.25) is 0 Å². The van der Waals surface area contributed by atoms with Crippen LogP contribution in [0, 0.1) is 5.82 Å². The summed E-state index contributed by atoms with van der Waals surface area (Å²) in [6, 6.07) is 12.4. The molecule has 0 unspecified atom stereocenters. The summed E-state index contributed by atoms with van der Waals surface area (Å²) in [7, 11) is 1.90. The van der Waals surface area contributed by atoms with Crippen LogP contribution < -0.4 is 14.8 Å². The molecule has 1 N–H and O–H groups in total. The van der Waals surface area contributed by atoms with Gasteiger partial charge in [-0.25, -0.2) is 4.39 Å². The molecule has 0 spiro atoms. The molecule has 0 aliphatic heterocycles. The van der Waals surface area contributed by atoms with Gasteiger partial charge in [0.25, 0.3) is 0 Å². The van der Waals surface area contributed by atoms with Gasteiger partial charge in [0.1, 0.15) is 30.5 Å². The first kappa shape index (κ1) is 15.8. The van der Waals surface area contributed by atoms with Crippen molar-refractivity contribution < 1.29 is 13.9 Å². The molecule has 21 heavy (non-hydrogen) atoms. The van der Waals surface area contributed by atoms with Crippen molar-refractivity contribution in [3.63, 3.8) is 0 Å². The van der Waals surface area contributed by atoms with Crippen LogP contribution in [0.4, 0.5) is 4.39 Å². The molecule has 0 bridgehead atoms. The van der Waals surface area contributed by atoms with E-state index in [4.69, 9.17) is 9.47 Å². The number of para-hydroxylation sites is 1. The molecule has 2 aromatic carbocycles. The third-order valence-corrected chi connectivity index (χ3v) is 3.45. The molecule has 0 amide bonds. The van der Waals surface area contributed by atoms with E-state index < -0.39 is 0 Å². The number of benzene rings is 2. The standard InChI is InChI=1S/C16H17BrFNO2/c1-19-11-12-4-2-3-5-16(12)21-9-8-20-13-6-7-15(18)14(17)10-13/h2-7,10,19H,8-9,11H2,1H3. The fraction of sp³-hybridized carbons (Fsp3) is 0.250. The third kappa shape index (κ3) is 4.72. The maximum atomic E-state index is 13.1. The highest BCUT2D eigenvalue weighted by Gasteiger charge is 2.03. The number of rotatable bonds is 7. The van der Waals surface area contributed by atoms with Gasteiger partial charge in [-0.05, 0) is 47.2 Å². The predicted octanol–water partition coefficient (Wildman–Crippen LogP) is 3.77. The Morgan fingerprint density at radius 2 is 1.86 bits per heavy atom. The van der Waals surface area contributed by atoms with Crippen molar-refractivity contribution in [3.05, 3.63) is 58.3 Å². The van der Waals surface area contributed by atoms with E-state index in [1.54, 1.807) is 12.1 Å². The molecule has 2 rings (SSSR count). The van der Waals surface area contributed by atoms with Gasteiger partial charge in [-0.1, -0.05) is 18.2 Å². The van der Waals surface area contributed by atoms with Crippen molar-refractivity contribution >= 4 is 15.9 Å². The second-order valence-corrected chi connectivity index (χ2v) is 5.27. The Bertz CT molecular complexity index is 592. The summed E-state index contributed by atoms with van der Waals surface area (Å²) in [5, 5.41) is 3.10. The SMILES string of the molecule is CNCc1ccccc1OCCOc1ccc(F)c(Br)c1. The fourth-order valence-electron chi connectivity index (χ4n) is 1.86. The summed E-state index contributed by atoms with van der Waals surface area (Å²) in [6.45, 7) is 1.57. The van der Waals surface area contributed by atoms with Crippen LogP contribution in [0.25, 0.3) is 0 Å². The molecular weight excluding hydrogens is 337 g/mol. The second-order valence-electron chi connectivity index (χ2n) is 4.41. The molecule has 0 atom stereocenters.